The second-order valence-electron chi connectivity index (χ2n) is 5.61. The fraction of sp³-hybridized carbons (Fsp3) is 0.625. The van der Waals surface area contributed by atoms with Crippen LogP contribution >= 0.6 is 11.6 Å². The molecule has 2 unspecified atom stereocenters. The minimum absolute atomic E-state index is 0.148. The molecule has 0 radical (unpaired) electrons. The van der Waals surface area contributed by atoms with E-state index in [-0.39, 0.29) is 5.54 Å². The van der Waals surface area contributed by atoms with Gasteiger partial charge < -0.3 is 10.1 Å². The molecule has 0 bridgehead atoms. The summed E-state index contributed by atoms with van der Waals surface area (Å²) >= 11 is 5.91. The molecule has 106 valence electrons. The van der Waals surface area contributed by atoms with E-state index in [1.807, 2.05) is 6.07 Å². The average Bonchev–Trinajstić information content (AvgIpc) is 2.45. The summed E-state index contributed by atoms with van der Waals surface area (Å²) in [4.78, 5) is 0. The first-order valence-corrected chi connectivity index (χ1v) is 7.74. The number of rotatable bonds is 6. The molecule has 0 aliphatic carbocycles. The Kier molecular flexibility index (Phi) is 5.12. The highest BCUT2D eigenvalue weighted by atomic mass is 35.5. The van der Waals surface area contributed by atoms with Gasteiger partial charge in [-0.05, 0) is 37.8 Å². The molecule has 1 aromatic carbocycles. The van der Waals surface area contributed by atoms with Crippen LogP contribution in [-0.2, 0) is 0 Å². The minimum Gasteiger partial charge on any atom is -0.493 e. The van der Waals surface area contributed by atoms with Crippen molar-refractivity contribution in [3.63, 3.8) is 0 Å². The SMILES string of the molecule is CCC(C)(CCCl)NCC1CCOc2ccccc21. The summed E-state index contributed by atoms with van der Waals surface area (Å²) in [6.45, 7) is 6.31. The van der Waals surface area contributed by atoms with E-state index in [1.165, 1.54) is 5.56 Å². The van der Waals surface area contributed by atoms with E-state index in [2.05, 4.69) is 37.4 Å². The summed E-state index contributed by atoms with van der Waals surface area (Å²) in [5, 5.41) is 3.72. The number of benzene rings is 1. The van der Waals surface area contributed by atoms with E-state index in [0.29, 0.717) is 11.8 Å². The van der Waals surface area contributed by atoms with Crippen LogP contribution < -0.4 is 10.1 Å². The van der Waals surface area contributed by atoms with Gasteiger partial charge in [0.25, 0.3) is 0 Å². The fourth-order valence-corrected chi connectivity index (χ4v) is 3.01. The Morgan fingerprint density at radius 3 is 2.95 bits per heavy atom. The first kappa shape index (κ1) is 14.7. The fourth-order valence-electron chi connectivity index (χ4n) is 2.60. The van der Waals surface area contributed by atoms with E-state index in [1.54, 1.807) is 0 Å². The van der Waals surface area contributed by atoms with Crippen molar-refractivity contribution >= 4 is 11.6 Å². The van der Waals surface area contributed by atoms with Crippen LogP contribution in [0.2, 0.25) is 0 Å². The summed E-state index contributed by atoms with van der Waals surface area (Å²) < 4.78 is 5.71. The molecular formula is C16H24ClNO. The van der Waals surface area contributed by atoms with Gasteiger partial charge in [0.2, 0.25) is 0 Å². The summed E-state index contributed by atoms with van der Waals surface area (Å²) in [5.74, 6) is 2.31. The smallest absolute Gasteiger partial charge is 0.122 e. The van der Waals surface area contributed by atoms with Crippen molar-refractivity contribution in [2.75, 3.05) is 19.0 Å². The second kappa shape index (κ2) is 6.62. The quantitative estimate of drug-likeness (QED) is 0.798. The number of alkyl halides is 1. The molecule has 0 spiro atoms. The van der Waals surface area contributed by atoms with Crippen LogP contribution in [0, 0.1) is 0 Å². The average molecular weight is 282 g/mol. The van der Waals surface area contributed by atoms with Crippen molar-refractivity contribution in [2.45, 2.75) is 44.6 Å². The van der Waals surface area contributed by atoms with Crippen LogP contribution in [0.4, 0.5) is 0 Å². The summed E-state index contributed by atoms with van der Waals surface area (Å²) in [6, 6.07) is 8.39. The number of fused-ring (bicyclic) bond motifs is 1. The Morgan fingerprint density at radius 2 is 2.21 bits per heavy atom. The molecule has 1 aliphatic heterocycles. The number of ether oxygens (including phenoxy) is 1. The number of hydrogen-bond acceptors (Lipinski definition) is 2. The van der Waals surface area contributed by atoms with Gasteiger partial charge in [-0.1, -0.05) is 25.1 Å². The van der Waals surface area contributed by atoms with Gasteiger partial charge in [0.1, 0.15) is 5.75 Å². The Labute approximate surface area is 121 Å². The monoisotopic (exact) mass is 281 g/mol. The molecule has 0 fully saturated rings. The van der Waals surface area contributed by atoms with Crippen LogP contribution in [0.5, 0.6) is 5.75 Å². The van der Waals surface area contributed by atoms with Crippen LogP contribution in [0.25, 0.3) is 0 Å². The van der Waals surface area contributed by atoms with Gasteiger partial charge in [-0.2, -0.15) is 0 Å². The Hall–Kier alpha value is -0.730. The maximum Gasteiger partial charge on any atom is 0.122 e. The Morgan fingerprint density at radius 1 is 1.42 bits per heavy atom. The lowest BCUT2D eigenvalue weighted by Crippen LogP contribution is -2.44. The Balaban J connectivity index is 2.01. The third-order valence-electron chi connectivity index (χ3n) is 4.28. The van der Waals surface area contributed by atoms with Gasteiger partial charge in [0.15, 0.2) is 0 Å². The van der Waals surface area contributed by atoms with Gasteiger partial charge >= 0.3 is 0 Å². The maximum atomic E-state index is 5.91. The zero-order valence-electron chi connectivity index (χ0n) is 11.9. The standard InChI is InChI=1S/C16H24ClNO/c1-3-16(2,9-10-17)18-12-13-8-11-19-15-7-5-4-6-14(13)15/h4-7,13,18H,3,8-12H2,1-2H3. The molecule has 19 heavy (non-hydrogen) atoms. The summed E-state index contributed by atoms with van der Waals surface area (Å²) in [5.41, 5.74) is 1.49. The molecule has 2 nitrogen and oxygen atoms in total. The molecule has 2 atom stereocenters. The number of halogens is 1. The molecule has 1 heterocycles. The number of hydrogen-bond donors (Lipinski definition) is 1. The molecule has 0 aromatic heterocycles. The zero-order valence-corrected chi connectivity index (χ0v) is 12.7. The highest BCUT2D eigenvalue weighted by Gasteiger charge is 2.25. The van der Waals surface area contributed by atoms with Crippen LogP contribution in [0.3, 0.4) is 0 Å². The molecule has 0 saturated carbocycles. The predicted molar refractivity (Wildman–Crippen MR) is 81.3 cm³/mol. The predicted octanol–water partition coefficient (Wildman–Crippen LogP) is 3.94. The van der Waals surface area contributed by atoms with Crippen LogP contribution in [0.1, 0.15) is 44.6 Å². The number of nitrogens with one attached hydrogen (secondary N) is 1. The molecule has 1 N–H and O–H groups in total. The highest BCUT2D eigenvalue weighted by molar-refractivity contribution is 6.17. The van der Waals surface area contributed by atoms with Gasteiger partial charge in [-0.25, -0.2) is 0 Å². The minimum atomic E-state index is 0.148. The molecular weight excluding hydrogens is 258 g/mol. The highest BCUT2D eigenvalue weighted by Crippen LogP contribution is 2.33. The Bertz CT molecular complexity index is 409. The van der Waals surface area contributed by atoms with Crippen molar-refractivity contribution in [1.82, 2.24) is 5.32 Å². The lowest BCUT2D eigenvalue weighted by molar-refractivity contribution is 0.249. The van der Waals surface area contributed by atoms with E-state index in [9.17, 15) is 0 Å². The lowest BCUT2D eigenvalue weighted by Gasteiger charge is -2.33. The summed E-state index contributed by atoms with van der Waals surface area (Å²) in [7, 11) is 0. The topological polar surface area (TPSA) is 21.3 Å². The van der Waals surface area contributed by atoms with E-state index >= 15 is 0 Å². The van der Waals surface area contributed by atoms with Gasteiger partial charge in [0, 0.05) is 23.9 Å². The molecule has 3 heteroatoms. The first-order chi connectivity index (χ1) is 9.18. The van der Waals surface area contributed by atoms with E-state index in [0.717, 1.165) is 38.2 Å². The van der Waals surface area contributed by atoms with Crippen LogP contribution in [0.15, 0.2) is 24.3 Å². The van der Waals surface area contributed by atoms with Crippen molar-refractivity contribution in [3.05, 3.63) is 29.8 Å². The molecule has 1 aliphatic rings. The van der Waals surface area contributed by atoms with Crippen molar-refractivity contribution in [1.29, 1.82) is 0 Å². The third kappa shape index (κ3) is 3.64. The third-order valence-corrected chi connectivity index (χ3v) is 4.47. The maximum absolute atomic E-state index is 5.91. The lowest BCUT2D eigenvalue weighted by atomic mass is 9.90. The van der Waals surface area contributed by atoms with Gasteiger partial charge in [-0.15, -0.1) is 11.6 Å². The number of para-hydroxylation sites is 1. The van der Waals surface area contributed by atoms with Crippen molar-refractivity contribution in [3.8, 4) is 5.75 Å². The van der Waals surface area contributed by atoms with Crippen LogP contribution in [-0.4, -0.2) is 24.6 Å². The van der Waals surface area contributed by atoms with Gasteiger partial charge in [0.05, 0.1) is 6.61 Å². The second-order valence-corrected chi connectivity index (χ2v) is 5.98. The van der Waals surface area contributed by atoms with E-state index < -0.39 is 0 Å². The van der Waals surface area contributed by atoms with E-state index in [4.69, 9.17) is 16.3 Å². The molecule has 0 amide bonds. The van der Waals surface area contributed by atoms with Crippen molar-refractivity contribution in [2.24, 2.45) is 0 Å². The van der Waals surface area contributed by atoms with Crippen molar-refractivity contribution < 1.29 is 4.74 Å². The van der Waals surface area contributed by atoms with Gasteiger partial charge in [-0.3, -0.25) is 0 Å². The first-order valence-electron chi connectivity index (χ1n) is 7.21. The normalized spacial score (nSPS) is 21.3. The molecule has 2 rings (SSSR count). The summed E-state index contributed by atoms with van der Waals surface area (Å²) in [6.07, 6.45) is 3.20. The zero-order chi connectivity index (χ0) is 13.7. The largest absolute Gasteiger partial charge is 0.493 e. The molecule has 0 saturated heterocycles. The molecule has 1 aromatic rings.